The molecule has 4 aromatic rings. The summed E-state index contributed by atoms with van der Waals surface area (Å²) < 4.78 is 1.79. The van der Waals surface area contributed by atoms with E-state index in [1.54, 1.807) is 4.68 Å². The molecule has 0 aliphatic rings. The van der Waals surface area contributed by atoms with Gasteiger partial charge < -0.3 is 5.32 Å². The fourth-order valence-corrected chi connectivity index (χ4v) is 2.97. The van der Waals surface area contributed by atoms with Crippen molar-refractivity contribution in [2.45, 2.75) is 20.0 Å². The number of fused-ring (bicyclic) bond motifs is 1. The summed E-state index contributed by atoms with van der Waals surface area (Å²) in [5, 5.41) is 12.6. The molecular weight excluding hydrogens is 348 g/mol. The van der Waals surface area contributed by atoms with Crippen LogP contribution in [0.4, 0.5) is 5.82 Å². The zero-order valence-electron chi connectivity index (χ0n) is 14.2. The molecule has 6 nitrogen and oxygen atoms in total. The van der Waals surface area contributed by atoms with Gasteiger partial charge in [-0.25, -0.2) is 14.6 Å². The van der Waals surface area contributed by atoms with Crippen molar-refractivity contribution in [2.75, 3.05) is 5.32 Å². The fraction of sp³-hybridized carbons (Fsp3) is 0.158. The van der Waals surface area contributed by atoms with Crippen LogP contribution in [0.3, 0.4) is 0 Å². The molecule has 4 rings (SSSR count). The maximum absolute atomic E-state index is 6.23. The molecule has 2 aromatic heterocycles. The first kappa shape index (κ1) is 16.5. The number of aromatic nitrogens is 5. The number of nitrogens with one attached hydrogen (secondary N) is 1. The van der Waals surface area contributed by atoms with Gasteiger partial charge in [-0.15, -0.1) is 5.10 Å². The summed E-state index contributed by atoms with van der Waals surface area (Å²) in [5.74, 6) is 1.32. The van der Waals surface area contributed by atoms with Crippen LogP contribution in [0, 0.1) is 6.92 Å². The molecule has 2 heterocycles. The molecule has 0 radical (unpaired) electrons. The van der Waals surface area contributed by atoms with E-state index in [-0.39, 0.29) is 0 Å². The van der Waals surface area contributed by atoms with Crippen LogP contribution in [0.1, 0.15) is 17.0 Å². The van der Waals surface area contributed by atoms with E-state index in [0.717, 1.165) is 16.1 Å². The molecule has 0 saturated carbocycles. The molecule has 0 bridgehead atoms. The Kier molecular flexibility index (Phi) is 4.50. The lowest BCUT2D eigenvalue weighted by atomic mass is 10.2. The lowest BCUT2D eigenvalue weighted by Crippen LogP contribution is -2.06. The van der Waals surface area contributed by atoms with E-state index in [4.69, 9.17) is 11.6 Å². The molecular formula is C19H17ClN6. The van der Waals surface area contributed by atoms with E-state index < -0.39 is 0 Å². The quantitative estimate of drug-likeness (QED) is 0.582. The first-order valence-electron chi connectivity index (χ1n) is 8.30. The van der Waals surface area contributed by atoms with E-state index in [9.17, 15) is 0 Å². The monoisotopic (exact) mass is 364 g/mol. The zero-order valence-corrected chi connectivity index (χ0v) is 15.0. The maximum Gasteiger partial charge on any atom is 0.184 e. The van der Waals surface area contributed by atoms with Crippen LogP contribution in [-0.2, 0) is 13.1 Å². The van der Waals surface area contributed by atoms with Crippen LogP contribution in [-0.4, -0.2) is 25.0 Å². The Morgan fingerprint density at radius 3 is 2.58 bits per heavy atom. The first-order valence-corrected chi connectivity index (χ1v) is 8.67. The molecule has 0 unspecified atom stereocenters. The highest BCUT2D eigenvalue weighted by Crippen LogP contribution is 2.21. The van der Waals surface area contributed by atoms with Crippen LogP contribution in [0.25, 0.3) is 11.2 Å². The van der Waals surface area contributed by atoms with Crippen molar-refractivity contribution in [3.8, 4) is 0 Å². The Hall–Kier alpha value is -2.99. The molecule has 0 spiro atoms. The van der Waals surface area contributed by atoms with Gasteiger partial charge in [0.05, 0.1) is 6.54 Å². The minimum Gasteiger partial charge on any atom is -0.364 e. The molecule has 0 amide bonds. The van der Waals surface area contributed by atoms with Crippen LogP contribution in [0.15, 0.2) is 54.6 Å². The molecule has 26 heavy (non-hydrogen) atoms. The molecule has 0 aliphatic carbocycles. The van der Waals surface area contributed by atoms with Gasteiger partial charge in [0.2, 0.25) is 0 Å². The van der Waals surface area contributed by atoms with Crippen molar-refractivity contribution in [1.29, 1.82) is 0 Å². The van der Waals surface area contributed by atoms with Gasteiger partial charge in [-0.1, -0.05) is 65.3 Å². The van der Waals surface area contributed by atoms with E-state index in [0.29, 0.717) is 35.9 Å². The number of halogens is 1. The average Bonchev–Trinajstić information content (AvgIpc) is 3.04. The smallest absolute Gasteiger partial charge is 0.184 e. The lowest BCUT2D eigenvalue weighted by molar-refractivity contribution is 0.663. The molecule has 2 aromatic carbocycles. The van der Waals surface area contributed by atoms with Gasteiger partial charge in [0.25, 0.3) is 0 Å². The van der Waals surface area contributed by atoms with Gasteiger partial charge in [0.15, 0.2) is 17.0 Å². The molecule has 0 saturated heterocycles. The summed E-state index contributed by atoms with van der Waals surface area (Å²) in [5.41, 5.74) is 3.50. The maximum atomic E-state index is 6.23. The van der Waals surface area contributed by atoms with E-state index >= 15 is 0 Å². The highest BCUT2D eigenvalue weighted by atomic mass is 35.5. The third kappa shape index (κ3) is 3.36. The number of hydrogen-bond acceptors (Lipinski definition) is 5. The molecule has 130 valence electrons. The Bertz CT molecular complexity index is 1040. The molecule has 0 aliphatic heterocycles. The fourth-order valence-electron chi connectivity index (χ4n) is 2.77. The summed E-state index contributed by atoms with van der Waals surface area (Å²) in [6.45, 7) is 3.02. The van der Waals surface area contributed by atoms with Crippen molar-refractivity contribution in [1.82, 2.24) is 25.0 Å². The number of rotatable bonds is 5. The van der Waals surface area contributed by atoms with Crippen molar-refractivity contribution >= 4 is 28.6 Å². The largest absolute Gasteiger partial charge is 0.364 e. The van der Waals surface area contributed by atoms with Gasteiger partial charge in [0.1, 0.15) is 5.82 Å². The third-order valence-electron chi connectivity index (χ3n) is 4.05. The number of benzene rings is 2. The van der Waals surface area contributed by atoms with E-state index in [2.05, 4.69) is 37.7 Å². The summed E-state index contributed by atoms with van der Waals surface area (Å²) in [4.78, 5) is 9.01. The number of nitrogens with zero attached hydrogens (tertiary/aromatic N) is 5. The second kappa shape index (κ2) is 7.09. The minimum atomic E-state index is 0.552. The second-order valence-corrected chi connectivity index (χ2v) is 6.38. The van der Waals surface area contributed by atoms with Crippen LogP contribution >= 0.6 is 11.6 Å². The van der Waals surface area contributed by atoms with Crippen LogP contribution in [0.2, 0.25) is 5.02 Å². The molecule has 7 heteroatoms. The Labute approximate surface area is 155 Å². The summed E-state index contributed by atoms with van der Waals surface area (Å²) in [6, 6.07) is 17.8. The van der Waals surface area contributed by atoms with Gasteiger partial charge >= 0.3 is 0 Å². The molecule has 0 fully saturated rings. The van der Waals surface area contributed by atoms with E-state index in [1.165, 1.54) is 0 Å². The Balaban J connectivity index is 1.64. The standard InChI is InChI=1S/C19H17ClN6/c1-13-22-18(21-11-15-9-5-6-10-16(15)20)17-19(23-13)26(25-24-17)12-14-7-3-2-4-8-14/h2-10H,11-12H2,1H3,(H,21,22,23). The van der Waals surface area contributed by atoms with Crippen molar-refractivity contribution < 1.29 is 0 Å². The van der Waals surface area contributed by atoms with Crippen molar-refractivity contribution in [3.05, 3.63) is 76.6 Å². The van der Waals surface area contributed by atoms with Gasteiger partial charge in [-0.05, 0) is 24.1 Å². The van der Waals surface area contributed by atoms with Gasteiger partial charge in [-0.3, -0.25) is 0 Å². The predicted molar refractivity (Wildman–Crippen MR) is 102 cm³/mol. The van der Waals surface area contributed by atoms with Gasteiger partial charge in [0, 0.05) is 11.6 Å². The number of hydrogen-bond donors (Lipinski definition) is 1. The van der Waals surface area contributed by atoms with Crippen molar-refractivity contribution in [3.63, 3.8) is 0 Å². The molecule has 1 N–H and O–H groups in total. The lowest BCUT2D eigenvalue weighted by Gasteiger charge is -2.08. The Morgan fingerprint density at radius 1 is 1.00 bits per heavy atom. The normalized spacial score (nSPS) is 11.0. The summed E-state index contributed by atoms with van der Waals surface area (Å²) in [7, 11) is 0. The van der Waals surface area contributed by atoms with Crippen molar-refractivity contribution in [2.24, 2.45) is 0 Å². The number of aryl methyl sites for hydroxylation is 1. The third-order valence-corrected chi connectivity index (χ3v) is 4.42. The first-order chi connectivity index (χ1) is 12.7. The highest BCUT2D eigenvalue weighted by molar-refractivity contribution is 6.31. The van der Waals surface area contributed by atoms with E-state index in [1.807, 2.05) is 49.4 Å². The highest BCUT2D eigenvalue weighted by Gasteiger charge is 2.14. The summed E-state index contributed by atoms with van der Waals surface area (Å²) in [6.07, 6.45) is 0. The predicted octanol–water partition coefficient (Wildman–Crippen LogP) is 3.84. The SMILES string of the molecule is Cc1nc(NCc2ccccc2Cl)c2nnn(Cc3ccccc3)c2n1. The summed E-state index contributed by atoms with van der Waals surface area (Å²) >= 11 is 6.23. The Morgan fingerprint density at radius 2 is 1.77 bits per heavy atom. The zero-order chi connectivity index (χ0) is 17.9. The average molecular weight is 365 g/mol. The van der Waals surface area contributed by atoms with Crippen LogP contribution in [0.5, 0.6) is 0 Å². The minimum absolute atomic E-state index is 0.552. The topological polar surface area (TPSA) is 68.5 Å². The van der Waals surface area contributed by atoms with Crippen LogP contribution < -0.4 is 5.32 Å². The second-order valence-electron chi connectivity index (χ2n) is 5.97. The van der Waals surface area contributed by atoms with Gasteiger partial charge in [-0.2, -0.15) is 0 Å². The number of anilines is 1. The molecule has 0 atom stereocenters.